The van der Waals surface area contributed by atoms with Crippen LogP contribution in [-0.4, -0.2) is 29.7 Å². The Bertz CT molecular complexity index is 1360. The number of carbonyl (C=O) groups is 2. The number of fused-ring (bicyclic) bond motifs is 1. The highest BCUT2D eigenvalue weighted by molar-refractivity contribution is 6.01. The number of para-hydroxylation sites is 1. The van der Waals surface area contributed by atoms with Crippen LogP contribution in [0, 0.1) is 6.92 Å². The Balaban J connectivity index is 1.38. The van der Waals surface area contributed by atoms with Gasteiger partial charge in [0.15, 0.2) is 6.61 Å². The molecule has 2 amide bonds. The van der Waals surface area contributed by atoms with E-state index >= 15 is 0 Å². The number of hydrazone groups is 1. The van der Waals surface area contributed by atoms with Gasteiger partial charge in [0, 0.05) is 11.3 Å². The number of nitrogens with zero attached hydrogens (tertiary/aromatic N) is 1. The van der Waals surface area contributed by atoms with Gasteiger partial charge in [-0.2, -0.15) is 5.10 Å². The molecule has 0 saturated carbocycles. The van der Waals surface area contributed by atoms with Crippen molar-refractivity contribution in [2.45, 2.75) is 6.92 Å². The zero-order valence-corrected chi connectivity index (χ0v) is 18.5. The number of ether oxygens (including phenoxy) is 1. The van der Waals surface area contributed by atoms with Crippen LogP contribution in [0.1, 0.15) is 21.5 Å². The summed E-state index contributed by atoms with van der Waals surface area (Å²) < 4.78 is 5.65. The van der Waals surface area contributed by atoms with Gasteiger partial charge in [-0.15, -0.1) is 0 Å². The van der Waals surface area contributed by atoms with Gasteiger partial charge in [-0.3, -0.25) is 9.59 Å². The second-order valence-corrected chi connectivity index (χ2v) is 7.66. The molecule has 0 bridgehead atoms. The van der Waals surface area contributed by atoms with Gasteiger partial charge in [-0.25, -0.2) is 5.43 Å². The minimum Gasteiger partial charge on any atom is -0.507 e. The largest absolute Gasteiger partial charge is 0.507 e. The van der Waals surface area contributed by atoms with Crippen molar-refractivity contribution in [3.8, 4) is 11.5 Å². The summed E-state index contributed by atoms with van der Waals surface area (Å²) in [6.07, 6.45) is 1.42. The molecule has 0 fully saturated rings. The number of aromatic hydroxyl groups is 1. The first-order valence-corrected chi connectivity index (χ1v) is 10.6. The second-order valence-electron chi connectivity index (χ2n) is 7.66. The third-order valence-electron chi connectivity index (χ3n) is 5.09. The molecule has 4 aromatic rings. The fraction of sp³-hybridized carbons (Fsp3) is 0.0741. The summed E-state index contributed by atoms with van der Waals surface area (Å²) >= 11 is 0. The molecule has 0 aliphatic rings. The van der Waals surface area contributed by atoms with E-state index < -0.39 is 5.91 Å². The molecule has 0 unspecified atom stereocenters. The Kier molecular flexibility index (Phi) is 6.84. The van der Waals surface area contributed by atoms with Crippen LogP contribution < -0.4 is 15.5 Å². The van der Waals surface area contributed by atoms with Gasteiger partial charge >= 0.3 is 0 Å². The van der Waals surface area contributed by atoms with Crippen molar-refractivity contribution in [1.82, 2.24) is 5.43 Å². The first-order chi connectivity index (χ1) is 16.5. The van der Waals surface area contributed by atoms with E-state index in [-0.39, 0.29) is 23.8 Å². The van der Waals surface area contributed by atoms with Crippen molar-refractivity contribution in [3.63, 3.8) is 0 Å². The molecule has 0 atom stereocenters. The second kappa shape index (κ2) is 10.3. The quantitative estimate of drug-likeness (QED) is 0.280. The molecule has 7 heteroatoms. The van der Waals surface area contributed by atoms with Crippen molar-refractivity contribution >= 4 is 34.5 Å². The van der Waals surface area contributed by atoms with E-state index in [2.05, 4.69) is 15.8 Å². The molecule has 0 aliphatic carbocycles. The number of carbonyl (C=O) groups excluding carboxylic acids is 2. The Labute approximate surface area is 196 Å². The number of nitrogens with one attached hydrogen (secondary N) is 2. The van der Waals surface area contributed by atoms with Crippen LogP contribution in [0.25, 0.3) is 10.8 Å². The molecule has 0 aromatic heterocycles. The first-order valence-electron chi connectivity index (χ1n) is 10.6. The van der Waals surface area contributed by atoms with Crippen molar-refractivity contribution in [1.29, 1.82) is 0 Å². The van der Waals surface area contributed by atoms with Crippen LogP contribution in [0.15, 0.2) is 90.0 Å². The average Bonchev–Trinajstić information content (AvgIpc) is 2.84. The fourth-order valence-electron chi connectivity index (χ4n) is 3.33. The molecule has 0 radical (unpaired) electrons. The van der Waals surface area contributed by atoms with E-state index in [1.165, 1.54) is 6.21 Å². The number of phenolic OH excluding ortho intramolecular Hbond substituents is 1. The summed E-state index contributed by atoms with van der Waals surface area (Å²) in [4.78, 5) is 24.7. The number of phenols is 1. The highest BCUT2D eigenvalue weighted by atomic mass is 16.5. The number of rotatable bonds is 7. The summed E-state index contributed by atoms with van der Waals surface area (Å²) in [5, 5.41) is 18.6. The van der Waals surface area contributed by atoms with Gasteiger partial charge in [-0.05, 0) is 54.1 Å². The number of aryl methyl sites for hydroxylation is 1. The average molecular weight is 453 g/mol. The predicted molar refractivity (Wildman–Crippen MR) is 132 cm³/mol. The lowest BCUT2D eigenvalue weighted by molar-refractivity contribution is -0.118. The summed E-state index contributed by atoms with van der Waals surface area (Å²) in [7, 11) is 0. The minimum absolute atomic E-state index is 0.119. The standard InChI is InChI=1S/C27H23N3O4/c1-18-10-12-22(13-11-18)29-26(32)17-34-25-9-5-4-8-21(25)16-28-30-27(33)23-14-19-6-2-3-7-20(19)15-24(23)31/h2-16,31H,17H2,1H3,(H,29,32)(H,30,33). The van der Waals surface area contributed by atoms with E-state index in [0.29, 0.717) is 17.0 Å². The highest BCUT2D eigenvalue weighted by Gasteiger charge is 2.12. The molecule has 0 saturated heterocycles. The van der Waals surface area contributed by atoms with Gasteiger partial charge in [-0.1, -0.05) is 54.1 Å². The van der Waals surface area contributed by atoms with Crippen LogP contribution in [0.4, 0.5) is 5.69 Å². The van der Waals surface area contributed by atoms with Crippen LogP contribution in [0.2, 0.25) is 0 Å². The van der Waals surface area contributed by atoms with Crippen LogP contribution in [-0.2, 0) is 4.79 Å². The van der Waals surface area contributed by atoms with E-state index in [4.69, 9.17) is 4.74 Å². The zero-order chi connectivity index (χ0) is 23.9. The lowest BCUT2D eigenvalue weighted by atomic mass is 10.1. The molecular formula is C27H23N3O4. The molecule has 0 aliphatic heterocycles. The van der Waals surface area contributed by atoms with E-state index in [0.717, 1.165) is 16.3 Å². The number of anilines is 1. The number of benzene rings is 4. The fourth-order valence-corrected chi connectivity index (χ4v) is 3.33. The first kappa shape index (κ1) is 22.5. The Morgan fingerprint density at radius 3 is 2.38 bits per heavy atom. The maximum atomic E-state index is 12.5. The number of hydrogen-bond acceptors (Lipinski definition) is 5. The van der Waals surface area contributed by atoms with E-state index in [9.17, 15) is 14.7 Å². The van der Waals surface area contributed by atoms with Crippen molar-refractivity contribution in [2.24, 2.45) is 5.10 Å². The van der Waals surface area contributed by atoms with Crippen LogP contribution >= 0.6 is 0 Å². The minimum atomic E-state index is -0.546. The van der Waals surface area contributed by atoms with Crippen LogP contribution in [0.3, 0.4) is 0 Å². The van der Waals surface area contributed by atoms with E-state index in [1.54, 1.807) is 36.4 Å². The Hall–Kier alpha value is -4.65. The third-order valence-corrected chi connectivity index (χ3v) is 5.09. The van der Waals surface area contributed by atoms with Gasteiger partial charge in [0.05, 0.1) is 11.8 Å². The molecule has 4 rings (SSSR count). The maximum Gasteiger partial charge on any atom is 0.275 e. The molecule has 34 heavy (non-hydrogen) atoms. The van der Waals surface area contributed by atoms with Crippen LogP contribution in [0.5, 0.6) is 11.5 Å². The van der Waals surface area contributed by atoms with Gasteiger partial charge in [0.25, 0.3) is 11.8 Å². The Morgan fingerprint density at radius 1 is 0.941 bits per heavy atom. The summed E-state index contributed by atoms with van der Waals surface area (Å²) in [5.74, 6) is -0.533. The Morgan fingerprint density at radius 2 is 1.62 bits per heavy atom. The smallest absolute Gasteiger partial charge is 0.275 e. The molecule has 0 spiro atoms. The molecule has 7 nitrogen and oxygen atoms in total. The summed E-state index contributed by atoms with van der Waals surface area (Å²) in [5.41, 5.74) is 4.90. The third kappa shape index (κ3) is 5.58. The topological polar surface area (TPSA) is 100 Å². The summed E-state index contributed by atoms with van der Waals surface area (Å²) in [6.45, 7) is 1.79. The number of hydrogen-bond donors (Lipinski definition) is 3. The van der Waals surface area contributed by atoms with Crippen molar-refractivity contribution < 1.29 is 19.4 Å². The molecular weight excluding hydrogens is 430 g/mol. The molecule has 3 N–H and O–H groups in total. The van der Waals surface area contributed by atoms with Gasteiger partial charge < -0.3 is 15.2 Å². The molecule has 0 heterocycles. The summed E-state index contributed by atoms with van der Waals surface area (Å²) in [6, 6.07) is 25.1. The van der Waals surface area contributed by atoms with Gasteiger partial charge in [0.1, 0.15) is 11.5 Å². The van der Waals surface area contributed by atoms with Crippen molar-refractivity contribution in [3.05, 3.63) is 102 Å². The monoisotopic (exact) mass is 453 g/mol. The zero-order valence-electron chi connectivity index (χ0n) is 18.5. The van der Waals surface area contributed by atoms with Gasteiger partial charge in [0.2, 0.25) is 0 Å². The predicted octanol–water partition coefficient (Wildman–Crippen LogP) is 4.64. The highest BCUT2D eigenvalue weighted by Crippen LogP contribution is 2.25. The maximum absolute atomic E-state index is 12.5. The molecule has 4 aromatic carbocycles. The number of amides is 2. The van der Waals surface area contributed by atoms with Crippen molar-refractivity contribution in [2.75, 3.05) is 11.9 Å². The normalized spacial score (nSPS) is 10.9. The lowest BCUT2D eigenvalue weighted by Gasteiger charge is -2.10. The van der Waals surface area contributed by atoms with E-state index in [1.807, 2.05) is 55.5 Å². The lowest BCUT2D eigenvalue weighted by Crippen LogP contribution is -2.20. The SMILES string of the molecule is Cc1ccc(NC(=O)COc2ccccc2C=NNC(=O)c2cc3ccccc3cc2O)cc1. The molecule has 170 valence electrons.